The molecule has 1 aromatic carbocycles. The molecule has 2 amide bonds. The van der Waals surface area contributed by atoms with Crippen LogP contribution in [-0.4, -0.2) is 43.0 Å². The van der Waals surface area contributed by atoms with Crippen molar-refractivity contribution in [2.45, 2.75) is 31.3 Å². The average Bonchev–Trinajstić information content (AvgIpc) is 3.34. The summed E-state index contributed by atoms with van der Waals surface area (Å²) in [6, 6.07) is 4.40. The van der Waals surface area contributed by atoms with E-state index >= 15 is 0 Å². The van der Waals surface area contributed by atoms with Gasteiger partial charge in [0.15, 0.2) is 5.76 Å². The van der Waals surface area contributed by atoms with Crippen molar-refractivity contribution in [3.63, 3.8) is 0 Å². The molecule has 1 atom stereocenters. The zero-order chi connectivity index (χ0) is 26.2. The minimum absolute atomic E-state index is 0.0359. The van der Waals surface area contributed by atoms with Crippen molar-refractivity contribution < 1.29 is 45.2 Å². The second kappa shape index (κ2) is 9.61. The standard InChI is InChI=1S/C20H15Cl2F6N3O4/c1-9-13(17(33)29-7-16(32)30-8-19(23,24)25)5-15(34-9)14-6-18(35-31-14,20(26,27)28)10-2-11(21)4-12(22)3-10/h2-5H,6-8H2,1H3,(H,29,33)(H,30,32). The zero-order valence-corrected chi connectivity index (χ0v) is 19.0. The topological polar surface area (TPSA) is 92.9 Å². The van der Waals surface area contributed by atoms with Gasteiger partial charge in [-0.3, -0.25) is 9.59 Å². The highest BCUT2D eigenvalue weighted by Crippen LogP contribution is 2.49. The Morgan fingerprint density at radius 3 is 2.26 bits per heavy atom. The minimum Gasteiger partial charge on any atom is -0.459 e. The first kappa shape index (κ1) is 26.7. The third kappa shape index (κ3) is 6.01. The molecule has 2 aromatic rings. The van der Waals surface area contributed by atoms with Gasteiger partial charge in [-0.25, -0.2) is 0 Å². The largest absolute Gasteiger partial charge is 0.459 e. The summed E-state index contributed by atoms with van der Waals surface area (Å²) >= 11 is 11.7. The van der Waals surface area contributed by atoms with E-state index in [0.29, 0.717) is 0 Å². The molecule has 0 radical (unpaired) electrons. The van der Waals surface area contributed by atoms with Crippen molar-refractivity contribution in [2.75, 3.05) is 13.1 Å². The van der Waals surface area contributed by atoms with E-state index in [1.165, 1.54) is 13.0 Å². The van der Waals surface area contributed by atoms with Crippen molar-refractivity contribution in [3.8, 4) is 0 Å². The predicted molar refractivity (Wildman–Crippen MR) is 111 cm³/mol. The van der Waals surface area contributed by atoms with Gasteiger partial charge >= 0.3 is 12.4 Å². The molecule has 3 rings (SSSR count). The Morgan fingerprint density at radius 1 is 1.06 bits per heavy atom. The van der Waals surface area contributed by atoms with Crippen LogP contribution >= 0.6 is 23.2 Å². The Balaban J connectivity index is 1.76. The van der Waals surface area contributed by atoms with E-state index in [4.69, 9.17) is 32.5 Å². The number of nitrogens with one attached hydrogen (secondary N) is 2. The number of alkyl halides is 6. The Labute approximate surface area is 203 Å². The zero-order valence-electron chi connectivity index (χ0n) is 17.5. The quantitative estimate of drug-likeness (QED) is 0.506. The van der Waals surface area contributed by atoms with Crippen LogP contribution in [0.3, 0.4) is 0 Å². The average molecular weight is 546 g/mol. The molecule has 0 bridgehead atoms. The fraction of sp³-hybridized carbons (Fsp3) is 0.350. The van der Waals surface area contributed by atoms with Gasteiger partial charge < -0.3 is 19.9 Å². The van der Waals surface area contributed by atoms with E-state index in [1.54, 1.807) is 5.32 Å². The first-order chi connectivity index (χ1) is 16.1. The van der Waals surface area contributed by atoms with Crippen LogP contribution in [0.25, 0.3) is 0 Å². The molecule has 0 fully saturated rings. The van der Waals surface area contributed by atoms with Crippen molar-refractivity contribution in [2.24, 2.45) is 5.16 Å². The van der Waals surface area contributed by atoms with Crippen LogP contribution in [0.15, 0.2) is 33.8 Å². The molecule has 35 heavy (non-hydrogen) atoms. The summed E-state index contributed by atoms with van der Waals surface area (Å²) in [5, 5.41) is 7.08. The molecule has 1 aromatic heterocycles. The van der Waals surface area contributed by atoms with E-state index in [-0.39, 0.29) is 32.8 Å². The Morgan fingerprint density at radius 2 is 1.69 bits per heavy atom. The monoisotopic (exact) mass is 545 g/mol. The number of oxime groups is 1. The molecule has 7 nitrogen and oxygen atoms in total. The molecule has 190 valence electrons. The van der Waals surface area contributed by atoms with Gasteiger partial charge in [0.05, 0.1) is 18.5 Å². The van der Waals surface area contributed by atoms with Crippen LogP contribution in [0.5, 0.6) is 0 Å². The molecular weight excluding hydrogens is 531 g/mol. The highest BCUT2D eigenvalue weighted by molar-refractivity contribution is 6.34. The van der Waals surface area contributed by atoms with Crippen molar-refractivity contribution in [1.82, 2.24) is 10.6 Å². The molecule has 1 unspecified atom stereocenters. The highest BCUT2D eigenvalue weighted by atomic mass is 35.5. The van der Waals surface area contributed by atoms with Gasteiger partial charge in [-0.15, -0.1) is 0 Å². The van der Waals surface area contributed by atoms with Crippen LogP contribution in [0.4, 0.5) is 26.3 Å². The molecule has 0 saturated carbocycles. The summed E-state index contributed by atoms with van der Waals surface area (Å²) < 4.78 is 84.1. The molecule has 2 N–H and O–H groups in total. The van der Waals surface area contributed by atoms with Crippen molar-refractivity contribution in [1.29, 1.82) is 0 Å². The van der Waals surface area contributed by atoms with E-state index in [9.17, 15) is 35.9 Å². The maximum Gasteiger partial charge on any atom is 0.435 e. The number of carbonyl (C=O) groups is 2. The van der Waals surface area contributed by atoms with E-state index in [2.05, 4.69) is 10.5 Å². The summed E-state index contributed by atoms with van der Waals surface area (Å²) in [5.74, 6) is -2.25. The highest BCUT2D eigenvalue weighted by Gasteiger charge is 2.62. The Kier molecular flexibility index (Phi) is 7.32. The first-order valence-corrected chi connectivity index (χ1v) is 10.4. The van der Waals surface area contributed by atoms with Crippen LogP contribution in [0.1, 0.15) is 33.9 Å². The number of hydrogen-bond donors (Lipinski definition) is 2. The summed E-state index contributed by atoms with van der Waals surface area (Å²) in [6.07, 6.45) is -10.4. The number of nitrogens with zero attached hydrogens (tertiary/aromatic N) is 1. The lowest BCUT2D eigenvalue weighted by Crippen LogP contribution is -2.42. The lowest BCUT2D eigenvalue weighted by atomic mass is 9.87. The number of carbonyl (C=O) groups excluding carboxylic acids is 2. The summed E-state index contributed by atoms with van der Waals surface area (Å²) in [4.78, 5) is 28.6. The number of halogens is 8. The van der Waals surface area contributed by atoms with Crippen molar-refractivity contribution >= 4 is 40.7 Å². The fourth-order valence-corrected chi connectivity index (χ4v) is 3.72. The van der Waals surface area contributed by atoms with Crippen molar-refractivity contribution in [3.05, 3.63) is 57.0 Å². The second-order valence-corrected chi connectivity index (χ2v) is 8.32. The lowest BCUT2D eigenvalue weighted by Gasteiger charge is -2.29. The SMILES string of the molecule is Cc1oc(C2=NOC(c3cc(Cl)cc(Cl)c3)(C(F)(F)F)C2)cc1C(=O)NCC(=O)NCC(F)(F)F. The van der Waals surface area contributed by atoms with E-state index < -0.39 is 54.8 Å². The number of benzene rings is 1. The second-order valence-electron chi connectivity index (χ2n) is 7.44. The van der Waals surface area contributed by atoms with Crippen LogP contribution in [0, 0.1) is 6.92 Å². The van der Waals surface area contributed by atoms with Gasteiger partial charge in [0.1, 0.15) is 18.0 Å². The molecule has 15 heteroatoms. The normalized spacial score (nSPS) is 18.1. The molecular formula is C20H15Cl2F6N3O4. The maximum atomic E-state index is 14.1. The summed E-state index contributed by atoms with van der Waals surface area (Å²) in [7, 11) is 0. The van der Waals surface area contributed by atoms with E-state index in [0.717, 1.165) is 18.2 Å². The smallest absolute Gasteiger partial charge is 0.435 e. The number of amides is 2. The third-order valence-electron chi connectivity index (χ3n) is 4.86. The van der Waals surface area contributed by atoms with Gasteiger partial charge in [-0.2, -0.15) is 26.3 Å². The van der Waals surface area contributed by atoms with Crippen LogP contribution < -0.4 is 10.6 Å². The van der Waals surface area contributed by atoms with Gasteiger partial charge in [-0.05, 0) is 31.2 Å². The summed E-state index contributed by atoms with van der Waals surface area (Å²) in [6.45, 7) is -1.02. The summed E-state index contributed by atoms with van der Waals surface area (Å²) in [5.41, 5.74) is -3.76. The molecule has 0 saturated heterocycles. The van der Waals surface area contributed by atoms with Gasteiger partial charge in [-0.1, -0.05) is 28.4 Å². The lowest BCUT2D eigenvalue weighted by molar-refractivity contribution is -0.275. The minimum atomic E-state index is -4.95. The van der Waals surface area contributed by atoms with Crippen LogP contribution in [0.2, 0.25) is 10.0 Å². The molecule has 2 heterocycles. The maximum absolute atomic E-state index is 14.1. The number of hydrogen-bond acceptors (Lipinski definition) is 5. The first-order valence-electron chi connectivity index (χ1n) is 9.62. The van der Waals surface area contributed by atoms with Gasteiger partial charge in [0.2, 0.25) is 5.91 Å². The van der Waals surface area contributed by atoms with Crippen LogP contribution in [-0.2, 0) is 15.2 Å². The predicted octanol–water partition coefficient (Wildman–Crippen LogP) is 4.89. The molecule has 1 aliphatic heterocycles. The third-order valence-corrected chi connectivity index (χ3v) is 5.29. The molecule has 0 aliphatic carbocycles. The Hall–Kier alpha value is -2.93. The van der Waals surface area contributed by atoms with Gasteiger partial charge in [0, 0.05) is 15.6 Å². The van der Waals surface area contributed by atoms with E-state index in [1.807, 2.05) is 0 Å². The van der Waals surface area contributed by atoms with Gasteiger partial charge in [0.25, 0.3) is 11.5 Å². The number of rotatable bonds is 6. The Bertz CT molecular complexity index is 1160. The number of aryl methyl sites for hydroxylation is 1. The molecule has 1 aliphatic rings. The molecule has 0 spiro atoms. The number of furan rings is 1. The fourth-order valence-electron chi connectivity index (χ4n) is 3.19.